The van der Waals surface area contributed by atoms with Crippen molar-refractivity contribution in [1.82, 2.24) is 4.98 Å². The molecule has 1 aromatic heterocycles. The van der Waals surface area contributed by atoms with Crippen LogP contribution in [-0.4, -0.2) is 23.1 Å². The molecular weight excluding hydrogens is 245 g/mol. The maximum atomic E-state index is 6.40. The summed E-state index contributed by atoms with van der Waals surface area (Å²) in [6.07, 6.45) is 5.56. The smallest absolute Gasteiger partial charge is 0.0621 e. The van der Waals surface area contributed by atoms with Gasteiger partial charge in [0.05, 0.1) is 17.7 Å². The predicted molar refractivity (Wildman–Crippen MR) is 66.1 cm³/mol. The minimum absolute atomic E-state index is 0.0878. The van der Waals surface area contributed by atoms with Gasteiger partial charge in [0, 0.05) is 23.7 Å². The Bertz CT molecular complexity index is 359. The van der Waals surface area contributed by atoms with E-state index in [2.05, 4.69) is 11.9 Å². The summed E-state index contributed by atoms with van der Waals surface area (Å²) in [6.45, 7) is 2.85. The van der Waals surface area contributed by atoms with Crippen LogP contribution < -0.4 is 0 Å². The Morgan fingerprint density at radius 2 is 2.44 bits per heavy atom. The van der Waals surface area contributed by atoms with Crippen LogP contribution in [0.3, 0.4) is 0 Å². The second-order valence-corrected chi connectivity index (χ2v) is 5.29. The molecule has 1 saturated heterocycles. The van der Waals surface area contributed by atoms with Gasteiger partial charge in [0.2, 0.25) is 0 Å². The molecule has 0 amide bonds. The van der Waals surface area contributed by atoms with Crippen molar-refractivity contribution in [1.29, 1.82) is 0 Å². The van der Waals surface area contributed by atoms with Crippen molar-refractivity contribution in [2.24, 2.45) is 5.92 Å². The lowest BCUT2D eigenvalue weighted by Crippen LogP contribution is -2.18. The minimum atomic E-state index is 0.0878. The van der Waals surface area contributed by atoms with Crippen LogP contribution in [0.25, 0.3) is 0 Å². The largest absolute Gasteiger partial charge is 0.378 e. The molecule has 0 aliphatic carbocycles. The zero-order chi connectivity index (χ0) is 11.5. The van der Waals surface area contributed by atoms with Crippen LogP contribution in [0.15, 0.2) is 18.5 Å². The number of nitrogens with zero attached hydrogens (tertiary/aromatic N) is 1. The standard InChI is InChI=1S/C12H15Cl2NO/c1-8-4-10(7-16-8)11(13)5-9-2-3-15-6-12(9)14/h2-3,6,8,10-11H,4-5,7H2,1H3. The van der Waals surface area contributed by atoms with E-state index in [0.717, 1.165) is 25.0 Å². The number of rotatable bonds is 3. The molecule has 0 N–H and O–H groups in total. The normalized spacial score (nSPS) is 26.9. The van der Waals surface area contributed by atoms with Gasteiger partial charge < -0.3 is 4.74 Å². The highest BCUT2D eigenvalue weighted by Crippen LogP contribution is 2.29. The summed E-state index contributed by atoms with van der Waals surface area (Å²) in [5.41, 5.74) is 1.07. The van der Waals surface area contributed by atoms with Gasteiger partial charge in [-0.15, -0.1) is 11.6 Å². The molecule has 0 aromatic carbocycles. The van der Waals surface area contributed by atoms with Crippen LogP contribution in [0.2, 0.25) is 5.02 Å². The van der Waals surface area contributed by atoms with Crippen LogP contribution >= 0.6 is 23.2 Å². The molecular formula is C12H15Cl2NO. The highest BCUT2D eigenvalue weighted by Gasteiger charge is 2.28. The number of pyridine rings is 1. The molecule has 1 aromatic rings. The molecule has 2 nitrogen and oxygen atoms in total. The lowest BCUT2D eigenvalue weighted by atomic mass is 9.97. The Morgan fingerprint density at radius 3 is 3.06 bits per heavy atom. The summed E-state index contributed by atoms with van der Waals surface area (Å²) in [6, 6.07) is 1.93. The molecule has 0 bridgehead atoms. The molecule has 3 atom stereocenters. The highest BCUT2D eigenvalue weighted by molar-refractivity contribution is 6.31. The van der Waals surface area contributed by atoms with E-state index in [1.54, 1.807) is 12.4 Å². The third-order valence-electron chi connectivity index (χ3n) is 3.01. The van der Waals surface area contributed by atoms with Crippen molar-refractivity contribution in [3.63, 3.8) is 0 Å². The zero-order valence-electron chi connectivity index (χ0n) is 9.20. The van der Waals surface area contributed by atoms with E-state index >= 15 is 0 Å². The van der Waals surface area contributed by atoms with Crippen molar-refractivity contribution >= 4 is 23.2 Å². The van der Waals surface area contributed by atoms with Gasteiger partial charge in [-0.3, -0.25) is 4.98 Å². The van der Waals surface area contributed by atoms with Crippen molar-refractivity contribution in [2.75, 3.05) is 6.61 Å². The monoisotopic (exact) mass is 259 g/mol. The first-order valence-electron chi connectivity index (χ1n) is 5.51. The number of alkyl halides is 1. The van der Waals surface area contributed by atoms with E-state index in [-0.39, 0.29) is 5.38 Å². The van der Waals surface area contributed by atoms with Crippen LogP contribution in [0.1, 0.15) is 18.9 Å². The summed E-state index contributed by atoms with van der Waals surface area (Å²) >= 11 is 12.5. The number of halogens is 2. The zero-order valence-corrected chi connectivity index (χ0v) is 10.7. The average Bonchev–Trinajstić information content (AvgIpc) is 2.68. The molecule has 0 spiro atoms. The third-order valence-corrected chi connectivity index (χ3v) is 3.86. The summed E-state index contributed by atoms with van der Waals surface area (Å²) in [4.78, 5) is 3.96. The fraction of sp³-hybridized carbons (Fsp3) is 0.583. The van der Waals surface area contributed by atoms with Crippen LogP contribution in [0.5, 0.6) is 0 Å². The first kappa shape index (κ1) is 12.2. The van der Waals surface area contributed by atoms with E-state index in [1.807, 2.05) is 6.07 Å². The number of aromatic nitrogens is 1. The summed E-state index contributed by atoms with van der Waals surface area (Å²) < 4.78 is 5.52. The van der Waals surface area contributed by atoms with Gasteiger partial charge >= 0.3 is 0 Å². The Kier molecular flexibility index (Phi) is 4.06. The van der Waals surface area contributed by atoms with Gasteiger partial charge in [-0.25, -0.2) is 0 Å². The Balaban J connectivity index is 1.97. The van der Waals surface area contributed by atoms with E-state index in [9.17, 15) is 0 Å². The fourth-order valence-corrected chi connectivity index (χ4v) is 2.59. The topological polar surface area (TPSA) is 22.1 Å². The maximum Gasteiger partial charge on any atom is 0.0621 e. The molecule has 2 rings (SSSR count). The number of hydrogen-bond acceptors (Lipinski definition) is 2. The lowest BCUT2D eigenvalue weighted by Gasteiger charge is -2.15. The number of ether oxygens (including phenoxy) is 1. The van der Waals surface area contributed by atoms with Gasteiger partial charge in [-0.05, 0) is 31.4 Å². The minimum Gasteiger partial charge on any atom is -0.378 e. The van der Waals surface area contributed by atoms with Gasteiger partial charge in [0.25, 0.3) is 0 Å². The molecule has 1 aliphatic rings. The van der Waals surface area contributed by atoms with E-state index in [0.29, 0.717) is 17.0 Å². The van der Waals surface area contributed by atoms with Crippen molar-refractivity contribution in [3.8, 4) is 0 Å². The van der Waals surface area contributed by atoms with E-state index in [4.69, 9.17) is 27.9 Å². The van der Waals surface area contributed by atoms with Crippen LogP contribution in [-0.2, 0) is 11.2 Å². The van der Waals surface area contributed by atoms with E-state index in [1.165, 1.54) is 0 Å². The van der Waals surface area contributed by atoms with Gasteiger partial charge in [-0.2, -0.15) is 0 Å². The Hall–Kier alpha value is -0.310. The van der Waals surface area contributed by atoms with Gasteiger partial charge in [0.1, 0.15) is 0 Å². The molecule has 1 aliphatic heterocycles. The quantitative estimate of drug-likeness (QED) is 0.778. The predicted octanol–water partition coefficient (Wildman–Crippen LogP) is 3.31. The first-order valence-corrected chi connectivity index (χ1v) is 6.32. The first-order chi connectivity index (χ1) is 7.66. The fourth-order valence-electron chi connectivity index (χ4n) is 2.05. The molecule has 3 unspecified atom stereocenters. The summed E-state index contributed by atoms with van der Waals surface area (Å²) in [7, 11) is 0. The second-order valence-electron chi connectivity index (χ2n) is 4.33. The van der Waals surface area contributed by atoms with Crippen molar-refractivity contribution < 1.29 is 4.74 Å². The van der Waals surface area contributed by atoms with E-state index < -0.39 is 0 Å². The Morgan fingerprint density at radius 1 is 1.62 bits per heavy atom. The third kappa shape index (κ3) is 2.88. The molecule has 0 radical (unpaired) electrons. The van der Waals surface area contributed by atoms with Crippen molar-refractivity contribution in [2.45, 2.75) is 31.2 Å². The molecule has 1 fully saturated rings. The number of hydrogen-bond donors (Lipinski definition) is 0. The summed E-state index contributed by atoms with van der Waals surface area (Å²) in [5.74, 6) is 0.431. The molecule has 16 heavy (non-hydrogen) atoms. The lowest BCUT2D eigenvalue weighted by molar-refractivity contribution is 0.120. The highest BCUT2D eigenvalue weighted by atomic mass is 35.5. The molecule has 2 heterocycles. The Labute approximate surface area is 106 Å². The van der Waals surface area contributed by atoms with Crippen molar-refractivity contribution in [3.05, 3.63) is 29.0 Å². The summed E-state index contributed by atoms with van der Waals surface area (Å²) in [5, 5.41) is 0.782. The maximum absolute atomic E-state index is 6.40. The SMILES string of the molecule is CC1CC(C(Cl)Cc2ccncc2Cl)CO1. The molecule has 0 saturated carbocycles. The van der Waals surface area contributed by atoms with Gasteiger partial charge in [-0.1, -0.05) is 11.6 Å². The average molecular weight is 260 g/mol. The molecule has 4 heteroatoms. The van der Waals surface area contributed by atoms with Crippen LogP contribution in [0.4, 0.5) is 0 Å². The van der Waals surface area contributed by atoms with Crippen LogP contribution in [0, 0.1) is 5.92 Å². The van der Waals surface area contributed by atoms with Gasteiger partial charge in [0.15, 0.2) is 0 Å². The molecule has 88 valence electrons. The second kappa shape index (κ2) is 5.35.